The Morgan fingerprint density at radius 1 is 1.12 bits per heavy atom. The summed E-state index contributed by atoms with van der Waals surface area (Å²) in [6, 6.07) is 13.0. The highest BCUT2D eigenvalue weighted by molar-refractivity contribution is 7.89. The molecule has 6 heteroatoms. The van der Waals surface area contributed by atoms with Gasteiger partial charge in [0.2, 0.25) is 10.0 Å². The van der Waals surface area contributed by atoms with Crippen LogP contribution in [0.25, 0.3) is 0 Å². The predicted molar refractivity (Wildman–Crippen MR) is 105 cm³/mol. The lowest BCUT2D eigenvalue weighted by Gasteiger charge is -2.22. The van der Waals surface area contributed by atoms with Gasteiger partial charge in [-0.3, -0.25) is 0 Å². The summed E-state index contributed by atoms with van der Waals surface area (Å²) >= 11 is 1.64. The minimum Gasteiger partial charge on any atom is -0.472 e. The largest absolute Gasteiger partial charge is 0.472 e. The van der Waals surface area contributed by atoms with E-state index in [0.717, 1.165) is 11.1 Å². The molecular weight excluding hydrogens is 366 g/mol. The third kappa shape index (κ3) is 4.44. The van der Waals surface area contributed by atoms with Crippen molar-refractivity contribution in [2.45, 2.75) is 37.6 Å². The second-order valence-electron chi connectivity index (χ2n) is 6.52. The molecule has 0 bridgehead atoms. The Balaban J connectivity index is 1.85. The molecule has 0 N–H and O–H groups in total. The van der Waals surface area contributed by atoms with Crippen molar-refractivity contribution in [3.63, 3.8) is 0 Å². The van der Waals surface area contributed by atoms with Crippen LogP contribution in [0.4, 0.5) is 0 Å². The van der Waals surface area contributed by atoms with Gasteiger partial charge in [-0.05, 0) is 47.5 Å². The Hall–Kier alpha value is -1.89. The monoisotopic (exact) mass is 389 g/mol. The van der Waals surface area contributed by atoms with E-state index in [1.54, 1.807) is 42.1 Å². The Labute approximate surface area is 159 Å². The molecule has 0 unspecified atom stereocenters. The number of rotatable bonds is 8. The first kappa shape index (κ1) is 18.9. The lowest BCUT2D eigenvalue weighted by molar-refractivity contribution is 0.408. The molecule has 0 aliphatic carbocycles. The van der Waals surface area contributed by atoms with Crippen LogP contribution >= 0.6 is 11.3 Å². The minimum absolute atomic E-state index is 0.302. The van der Waals surface area contributed by atoms with E-state index >= 15 is 0 Å². The van der Waals surface area contributed by atoms with Gasteiger partial charge < -0.3 is 4.42 Å². The van der Waals surface area contributed by atoms with Crippen LogP contribution in [-0.2, 0) is 23.0 Å². The standard InChI is InChI=1S/C20H23NO3S2/c1-16(2)18-5-7-20(8-6-18)26(22,23)21(14-17-10-12-24-15-17)11-9-19-4-3-13-25-19/h3-8,10,12-13,15-16H,9,11,14H2,1-2H3. The summed E-state index contributed by atoms with van der Waals surface area (Å²) < 4.78 is 33.0. The molecule has 2 aromatic heterocycles. The fraction of sp³-hybridized carbons (Fsp3) is 0.300. The quantitative estimate of drug-likeness (QED) is 0.551. The van der Waals surface area contributed by atoms with Crippen molar-refractivity contribution < 1.29 is 12.8 Å². The zero-order valence-corrected chi connectivity index (χ0v) is 16.6. The van der Waals surface area contributed by atoms with Crippen molar-refractivity contribution in [1.29, 1.82) is 0 Å². The van der Waals surface area contributed by atoms with E-state index in [0.29, 0.717) is 30.3 Å². The normalized spacial score (nSPS) is 12.2. The molecule has 138 valence electrons. The molecule has 0 spiro atoms. The van der Waals surface area contributed by atoms with Crippen molar-refractivity contribution in [3.05, 3.63) is 76.4 Å². The summed E-state index contributed by atoms with van der Waals surface area (Å²) in [6.07, 6.45) is 3.85. The van der Waals surface area contributed by atoms with Gasteiger partial charge >= 0.3 is 0 Å². The summed E-state index contributed by atoms with van der Waals surface area (Å²) in [5.41, 5.74) is 1.97. The third-order valence-corrected chi connectivity index (χ3v) is 7.11. The molecule has 0 aliphatic heterocycles. The highest BCUT2D eigenvalue weighted by atomic mass is 32.2. The zero-order chi connectivity index (χ0) is 18.6. The number of hydrogen-bond acceptors (Lipinski definition) is 4. The summed E-state index contributed by atoms with van der Waals surface area (Å²) in [5, 5.41) is 2.01. The van der Waals surface area contributed by atoms with Crippen LogP contribution in [-0.4, -0.2) is 19.3 Å². The van der Waals surface area contributed by atoms with E-state index in [2.05, 4.69) is 13.8 Å². The van der Waals surface area contributed by atoms with Gasteiger partial charge in [-0.15, -0.1) is 11.3 Å². The number of sulfonamides is 1. The van der Waals surface area contributed by atoms with Gasteiger partial charge in [0.15, 0.2) is 0 Å². The van der Waals surface area contributed by atoms with Gasteiger partial charge in [0.05, 0.1) is 17.4 Å². The topological polar surface area (TPSA) is 50.5 Å². The first-order chi connectivity index (χ1) is 12.5. The first-order valence-electron chi connectivity index (χ1n) is 8.60. The maximum atomic E-state index is 13.2. The maximum absolute atomic E-state index is 13.2. The Morgan fingerprint density at radius 3 is 2.46 bits per heavy atom. The van der Waals surface area contributed by atoms with Crippen LogP contribution in [0.1, 0.15) is 35.8 Å². The van der Waals surface area contributed by atoms with E-state index in [9.17, 15) is 8.42 Å². The Bertz CT molecular complexity index is 897. The minimum atomic E-state index is -3.58. The number of furan rings is 1. The van der Waals surface area contributed by atoms with Crippen LogP contribution < -0.4 is 0 Å². The Morgan fingerprint density at radius 2 is 1.88 bits per heavy atom. The van der Waals surface area contributed by atoms with Gasteiger partial charge in [-0.25, -0.2) is 8.42 Å². The smallest absolute Gasteiger partial charge is 0.243 e. The molecule has 0 saturated carbocycles. The molecule has 2 heterocycles. The van der Waals surface area contributed by atoms with Crippen LogP contribution in [0, 0.1) is 0 Å². The third-order valence-electron chi connectivity index (χ3n) is 4.31. The van der Waals surface area contributed by atoms with Crippen LogP contribution in [0.3, 0.4) is 0 Å². The van der Waals surface area contributed by atoms with E-state index in [1.165, 1.54) is 9.18 Å². The molecule has 3 aromatic rings. The van der Waals surface area contributed by atoms with E-state index in [-0.39, 0.29) is 0 Å². The Kier molecular flexibility index (Phi) is 5.96. The van der Waals surface area contributed by atoms with Crippen molar-refractivity contribution in [1.82, 2.24) is 4.31 Å². The van der Waals surface area contributed by atoms with Crippen molar-refractivity contribution in [2.24, 2.45) is 0 Å². The summed E-state index contributed by atoms with van der Waals surface area (Å²) in [4.78, 5) is 1.50. The summed E-state index contributed by atoms with van der Waals surface area (Å²) in [6.45, 7) is 4.92. The number of thiophene rings is 1. The second-order valence-corrected chi connectivity index (χ2v) is 9.49. The second kappa shape index (κ2) is 8.20. The fourth-order valence-electron chi connectivity index (χ4n) is 2.73. The van der Waals surface area contributed by atoms with Gasteiger partial charge in [-0.2, -0.15) is 4.31 Å². The number of benzene rings is 1. The fourth-order valence-corrected chi connectivity index (χ4v) is 4.86. The van der Waals surface area contributed by atoms with E-state index in [4.69, 9.17) is 4.42 Å². The van der Waals surface area contributed by atoms with Crippen LogP contribution in [0.5, 0.6) is 0 Å². The molecule has 0 radical (unpaired) electrons. The van der Waals surface area contributed by atoms with Gasteiger partial charge in [0.25, 0.3) is 0 Å². The molecule has 3 rings (SSSR count). The molecule has 0 fully saturated rings. The lowest BCUT2D eigenvalue weighted by atomic mass is 10.0. The SMILES string of the molecule is CC(C)c1ccc(S(=O)(=O)N(CCc2cccs2)Cc2ccoc2)cc1. The molecule has 0 atom stereocenters. The van der Waals surface area contributed by atoms with Gasteiger partial charge in [0.1, 0.15) is 0 Å². The highest BCUT2D eigenvalue weighted by Gasteiger charge is 2.25. The van der Waals surface area contributed by atoms with Crippen LogP contribution in [0.15, 0.2) is 69.7 Å². The first-order valence-corrected chi connectivity index (χ1v) is 10.9. The average Bonchev–Trinajstić information content (AvgIpc) is 3.32. The maximum Gasteiger partial charge on any atom is 0.243 e. The van der Waals surface area contributed by atoms with Crippen molar-refractivity contribution >= 4 is 21.4 Å². The number of nitrogens with zero attached hydrogens (tertiary/aromatic N) is 1. The summed E-state index contributed by atoms with van der Waals surface area (Å²) in [7, 11) is -3.58. The highest BCUT2D eigenvalue weighted by Crippen LogP contribution is 2.23. The van der Waals surface area contributed by atoms with E-state index in [1.807, 2.05) is 29.6 Å². The van der Waals surface area contributed by atoms with E-state index < -0.39 is 10.0 Å². The van der Waals surface area contributed by atoms with Crippen molar-refractivity contribution in [3.8, 4) is 0 Å². The molecule has 0 amide bonds. The zero-order valence-electron chi connectivity index (χ0n) is 15.0. The predicted octanol–water partition coefficient (Wildman–Crippen LogP) is 4.90. The number of hydrogen-bond donors (Lipinski definition) is 0. The molecular formula is C20H23NO3S2. The van der Waals surface area contributed by atoms with Gasteiger partial charge in [0, 0.05) is 23.5 Å². The van der Waals surface area contributed by atoms with Gasteiger partial charge in [-0.1, -0.05) is 32.0 Å². The van der Waals surface area contributed by atoms with Crippen LogP contribution in [0.2, 0.25) is 0 Å². The molecule has 1 aromatic carbocycles. The van der Waals surface area contributed by atoms with Crippen molar-refractivity contribution in [2.75, 3.05) is 6.54 Å². The summed E-state index contributed by atoms with van der Waals surface area (Å²) in [5.74, 6) is 0.368. The lowest BCUT2D eigenvalue weighted by Crippen LogP contribution is -2.32. The molecule has 0 aliphatic rings. The average molecular weight is 390 g/mol. The molecule has 0 saturated heterocycles. The molecule has 4 nitrogen and oxygen atoms in total. The molecule has 26 heavy (non-hydrogen) atoms.